The quantitative estimate of drug-likeness (QED) is 0.496. The molecule has 0 radical (unpaired) electrons. The van der Waals surface area contributed by atoms with Gasteiger partial charge in [0.15, 0.2) is 0 Å². The van der Waals surface area contributed by atoms with Gasteiger partial charge >= 0.3 is 0 Å². The Morgan fingerprint density at radius 3 is 2.24 bits per heavy atom. The molecular formula is C26H36N2O4S. The van der Waals surface area contributed by atoms with E-state index >= 15 is 0 Å². The van der Waals surface area contributed by atoms with Crippen molar-refractivity contribution in [3.63, 3.8) is 0 Å². The van der Waals surface area contributed by atoms with Crippen LogP contribution in [0, 0.1) is 5.92 Å². The van der Waals surface area contributed by atoms with E-state index in [0.717, 1.165) is 24.8 Å². The third kappa shape index (κ3) is 6.08. The molecule has 1 aliphatic rings. The van der Waals surface area contributed by atoms with Crippen molar-refractivity contribution in [1.29, 1.82) is 0 Å². The fraction of sp³-hybridized carbons (Fsp3) is 0.500. The average Bonchev–Trinajstić information content (AvgIpc) is 3.60. The smallest absolute Gasteiger partial charge is 0.264 e. The number of carbonyl (C=O) groups is 1. The Morgan fingerprint density at radius 2 is 1.70 bits per heavy atom. The van der Waals surface area contributed by atoms with Crippen molar-refractivity contribution in [2.75, 3.05) is 31.0 Å². The van der Waals surface area contributed by atoms with Crippen LogP contribution in [0.2, 0.25) is 0 Å². The Morgan fingerprint density at radius 1 is 1.06 bits per heavy atom. The Hall–Kier alpha value is -2.54. The predicted molar refractivity (Wildman–Crippen MR) is 132 cm³/mol. The van der Waals surface area contributed by atoms with E-state index in [9.17, 15) is 13.2 Å². The zero-order valence-corrected chi connectivity index (χ0v) is 21.2. The van der Waals surface area contributed by atoms with Gasteiger partial charge in [-0.2, -0.15) is 0 Å². The molecule has 1 amide bonds. The van der Waals surface area contributed by atoms with Crippen LogP contribution in [0.1, 0.15) is 52.5 Å². The molecule has 1 fully saturated rings. The molecule has 1 saturated carbocycles. The van der Waals surface area contributed by atoms with Gasteiger partial charge in [0.2, 0.25) is 5.91 Å². The van der Waals surface area contributed by atoms with Gasteiger partial charge in [0.05, 0.1) is 17.7 Å². The van der Waals surface area contributed by atoms with Gasteiger partial charge in [0, 0.05) is 13.1 Å². The van der Waals surface area contributed by atoms with Crippen molar-refractivity contribution in [1.82, 2.24) is 4.90 Å². The topological polar surface area (TPSA) is 66.9 Å². The summed E-state index contributed by atoms with van der Waals surface area (Å²) in [4.78, 5) is 15.3. The van der Waals surface area contributed by atoms with Gasteiger partial charge in [-0.25, -0.2) is 8.42 Å². The molecule has 33 heavy (non-hydrogen) atoms. The highest BCUT2D eigenvalue weighted by Crippen LogP contribution is 2.34. The van der Waals surface area contributed by atoms with Crippen LogP contribution in [0.3, 0.4) is 0 Å². The van der Waals surface area contributed by atoms with Gasteiger partial charge in [-0.3, -0.25) is 9.10 Å². The lowest BCUT2D eigenvalue weighted by Gasteiger charge is -2.29. The van der Waals surface area contributed by atoms with Gasteiger partial charge < -0.3 is 9.64 Å². The lowest BCUT2D eigenvalue weighted by Crippen LogP contribution is -2.44. The highest BCUT2D eigenvalue weighted by atomic mass is 32.2. The fourth-order valence-corrected chi connectivity index (χ4v) is 5.24. The number of para-hydroxylation sites is 2. The molecule has 0 aromatic heterocycles. The molecule has 0 bridgehead atoms. The molecule has 2 aromatic rings. The monoisotopic (exact) mass is 472 g/mol. The van der Waals surface area contributed by atoms with E-state index in [4.69, 9.17) is 4.74 Å². The Labute approximate surface area is 198 Å². The van der Waals surface area contributed by atoms with Gasteiger partial charge in [0.25, 0.3) is 10.0 Å². The van der Waals surface area contributed by atoms with E-state index < -0.39 is 10.0 Å². The first-order valence-electron chi connectivity index (χ1n) is 11.6. The highest BCUT2D eigenvalue weighted by Gasteiger charge is 2.33. The maximum Gasteiger partial charge on any atom is 0.264 e. The molecule has 3 rings (SSSR count). The zero-order chi connectivity index (χ0) is 24.2. The predicted octanol–water partition coefficient (Wildman–Crippen LogP) is 4.84. The number of sulfonamides is 1. The summed E-state index contributed by atoms with van der Waals surface area (Å²) in [6, 6.07) is 13.8. The molecule has 180 valence electrons. The van der Waals surface area contributed by atoms with Crippen LogP contribution >= 0.6 is 0 Å². The van der Waals surface area contributed by atoms with Gasteiger partial charge in [-0.05, 0) is 60.4 Å². The number of methoxy groups -OCH3 is 1. The van der Waals surface area contributed by atoms with Crippen molar-refractivity contribution in [3.05, 3.63) is 54.1 Å². The van der Waals surface area contributed by atoms with Crippen molar-refractivity contribution in [3.8, 4) is 5.75 Å². The van der Waals surface area contributed by atoms with Crippen LogP contribution in [0.4, 0.5) is 5.69 Å². The van der Waals surface area contributed by atoms with E-state index in [-0.39, 0.29) is 22.8 Å². The molecule has 0 saturated heterocycles. The molecule has 0 atom stereocenters. The van der Waals surface area contributed by atoms with Gasteiger partial charge in [-0.1, -0.05) is 52.0 Å². The van der Waals surface area contributed by atoms with Crippen LogP contribution in [0.5, 0.6) is 5.75 Å². The molecule has 7 heteroatoms. The Bertz CT molecular complexity index is 1050. The van der Waals surface area contributed by atoms with Gasteiger partial charge in [-0.15, -0.1) is 0 Å². The maximum atomic E-state index is 13.8. The number of carbonyl (C=O) groups excluding carboxylic acids is 1. The molecule has 0 spiro atoms. The molecule has 6 nitrogen and oxygen atoms in total. The number of rotatable bonds is 10. The largest absolute Gasteiger partial charge is 0.495 e. The first-order valence-corrected chi connectivity index (χ1v) is 13.1. The van der Waals surface area contributed by atoms with E-state index in [1.807, 2.05) is 19.1 Å². The molecule has 2 aromatic carbocycles. The minimum Gasteiger partial charge on any atom is -0.495 e. The minimum absolute atomic E-state index is 0.0932. The maximum absolute atomic E-state index is 13.8. The second kappa shape index (κ2) is 10.2. The van der Waals surface area contributed by atoms with Crippen LogP contribution in [-0.4, -0.2) is 46.0 Å². The summed E-state index contributed by atoms with van der Waals surface area (Å²) in [5, 5.41) is 0. The number of nitrogens with zero attached hydrogens (tertiary/aromatic N) is 2. The Balaban J connectivity index is 2.00. The fourth-order valence-electron chi connectivity index (χ4n) is 3.81. The summed E-state index contributed by atoms with van der Waals surface area (Å²) in [7, 11) is -2.50. The number of benzene rings is 2. The van der Waals surface area contributed by atoms with Crippen LogP contribution in [0.15, 0.2) is 53.4 Å². The number of hydrogen-bond acceptors (Lipinski definition) is 4. The summed E-state index contributed by atoms with van der Waals surface area (Å²) in [5.74, 6) is 0.746. The second-order valence-corrected chi connectivity index (χ2v) is 11.6. The standard InChI is InChI=1S/C26H36N2O4S/c1-6-17-27(18-20-11-12-20)25(29)19-28(23-9-7-8-10-24(23)32-5)33(30,31)22-15-13-21(14-16-22)26(2,3)4/h7-10,13-16,20H,6,11-12,17-19H2,1-5H3. The van der Waals surface area contributed by atoms with Crippen molar-refractivity contribution < 1.29 is 17.9 Å². The first-order chi connectivity index (χ1) is 15.6. The lowest BCUT2D eigenvalue weighted by atomic mass is 9.87. The number of hydrogen-bond donors (Lipinski definition) is 0. The molecule has 0 N–H and O–H groups in total. The summed E-state index contributed by atoms with van der Waals surface area (Å²) in [6.07, 6.45) is 3.08. The highest BCUT2D eigenvalue weighted by molar-refractivity contribution is 7.92. The van der Waals surface area contributed by atoms with E-state index in [1.165, 1.54) is 11.4 Å². The number of ether oxygens (including phenoxy) is 1. The summed E-state index contributed by atoms with van der Waals surface area (Å²) >= 11 is 0. The third-order valence-electron chi connectivity index (χ3n) is 5.96. The molecular weight excluding hydrogens is 436 g/mol. The van der Waals surface area contributed by atoms with E-state index in [0.29, 0.717) is 30.4 Å². The SMILES string of the molecule is CCCN(CC1CC1)C(=O)CN(c1ccccc1OC)S(=O)(=O)c1ccc(C(C)(C)C)cc1. The number of amides is 1. The Kier molecular flexibility index (Phi) is 7.73. The summed E-state index contributed by atoms with van der Waals surface area (Å²) in [5.41, 5.74) is 1.31. The molecule has 0 aliphatic heterocycles. The number of anilines is 1. The molecule has 0 heterocycles. The average molecular weight is 473 g/mol. The summed E-state index contributed by atoms with van der Waals surface area (Å²) in [6.45, 7) is 9.31. The van der Waals surface area contributed by atoms with Crippen LogP contribution in [0.25, 0.3) is 0 Å². The third-order valence-corrected chi connectivity index (χ3v) is 7.74. The van der Waals surface area contributed by atoms with E-state index in [2.05, 4.69) is 20.8 Å². The van der Waals surface area contributed by atoms with Crippen molar-refractivity contribution in [2.45, 2.75) is 57.3 Å². The first kappa shape index (κ1) is 25.1. The lowest BCUT2D eigenvalue weighted by molar-refractivity contribution is -0.129. The normalized spacial score (nSPS) is 14.1. The zero-order valence-electron chi connectivity index (χ0n) is 20.4. The van der Waals surface area contributed by atoms with Crippen LogP contribution < -0.4 is 9.04 Å². The van der Waals surface area contributed by atoms with Gasteiger partial charge in [0.1, 0.15) is 12.3 Å². The van der Waals surface area contributed by atoms with E-state index in [1.54, 1.807) is 41.3 Å². The minimum atomic E-state index is -4.00. The van der Waals surface area contributed by atoms with Crippen LogP contribution in [-0.2, 0) is 20.2 Å². The molecule has 1 aliphatic carbocycles. The van der Waals surface area contributed by atoms with Crippen molar-refractivity contribution >= 4 is 21.6 Å². The second-order valence-electron chi connectivity index (χ2n) is 9.74. The summed E-state index contributed by atoms with van der Waals surface area (Å²) < 4.78 is 34.3. The molecule has 0 unspecified atom stereocenters. The van der Waals surface area contributed by atoms with Crippen molar-refractivity contribution in [2.24, 2.45) is 5.92 Å².